The highest BCUT2D eigenvalue weighted by Crippen LogP contribution is 2.40. The zero-order chi connectivity index (χ0) is 15.0. The standard InChI is InChI=1S/C18H35N3/c1-15(2)20-8-5-17(12-20)11-19-9-6-18(13-19)7-10-21(14-18)16(3)4/h15-17H,5-14H2,1-4H3. The predicted octanol–water partition coefficient (Wildman–Crippen LogP) is 2.52. The first-order valence-corrected chi connectivity index (χ1v) is 9.18. The minimum Gasteiger partial charge on any atom is -0.302 e. The Kier molecular flexibility index (Phi) is 4.63. The highest BCUT2D eigenvalue weighted by molar-refractivity contribution is 4.98. The van der Waals surface area contributed by atoms with Crippen molar-refractivity contribution in [1.82, 2.24) is 14.7 Å². The van der Waals surface area contributed by atoms with Gasteiger partial charge in [-0.05, 0) is 77.9 Å². The Balaban J connectivity index is 1.48. The van der Waals surface area contributed by atoms with Crippen LogP contribution in [0.3, 0.4) is 0 Å². The Labute approximate surface area is 131 Å². The van der Waals surface area contributed by atoms with Gasteiger partial charge < -0.3 is 14.7 Å². The largest absolute Gasteiger partial charge is 0.302 e. The molecule has 0 N–H and O–H groups in total. The summed E-state index contributed by atoms with van der Waals surface area (Å²) in [7, 11) is 0. The molecule has 2 atom stereocenters. The van der Waals surface area contributed by atoms with E-state index in [4.69, 9.17) is 0 Å². The SMILES string of the molecule is CC(C)N1CCC(CN2CCC3(CCN(C(C)C)C3)C2)C1. The van der Waals surface area contributed by atoms with E-state index in [1.54, 1.807) is 0 Å². The Hall–Kier alpha value is -0.120. The van der Waals surface area contributed by atoms with Crippen LogP contribution in [-0.4, -0.2) is 72.6 Å². The van der Waals surface area contributed by atoms with Gasteiger partial charge in [0.15, 0.2) is 0 Å². The number of hydrogen-bond donors (Lipinski definition) is 0. The molecule has 3 heterocycles. The Bertz CT molecular complexity index is 354. The van der Waals surface area contributed by atoms with E-state index in [1.165, 1.54) is 65.1 Å². The molecule has 3 nitrogen and oxygen atoms in total. The second-order valence-electron chi connectivity index (χ2n) is 8.54. The maximum absolute atomic E-state index is 2.79. The average Bonchev–Trinajstić information content (AvgIpc) is 3.12. The highest BCUT2D eigenvalue weighted by atomic mass is 15.2. The van der Waals surface area contributed by atoms with Crippen molar-refractivity contribution < 1.29 is 0 Å². The molecule has 0 radical (unpaired) electrons. The van der Waals surface area contributed by atoms with Crippen molar-refractivity contribution in [3.8, 4) is 0 Å². The first-order chi connectivity index (χ1) is 9.97. The molecular weight excluding hydrogens is 258 g/mol. The first-order valence-electron chi connectivity index (χ1n) is 9.18. The van der Waals surface area contributed by atoms with Crippen LogP contribution in [0.1, 0.15) is 47.0 Å². The zero-order valence-electron chi connectivity index (χ0n) is 14.6. The normalized spacial score (nSPS) is 36.0. The van der Waals surface area contributed by atoms with Crippen molar-refractivity contribution in [3.05, 3.63) is 0 Å². The van der Waals surface area contributed by atoms with E-state index in [9.17, 15) is 0 Å². The summed E-state index contributed by atoms with van der Waals surface area (Å²) in [5, 5.41) is 0. The molecule has 3 fully saturated rings. The minimum absolute atomic E-state index is 0.639. The molecule has 3 aliphatic rings. The van der Waals surface area contributed by atoms with E-state index in [0.717, 1.165) is 18.0 Å². The molecule has 1 spiro atoms. The number of likely N-dealkylation sites (tertiary alicyclic amines) is 3. The summed E-state index contributed by atoms with van der Waals surface area (Å²) in [5.74, 6) is 0.921. The summed E-state index contributed by atoms with van der Waals surface area (Å²) >= 11 is 0. The zero-order valence-corrected chi connectivity index (χ0v) is 14.6. The van der Waals surface area contributed by atoms with Gasteiger partial charge in [-0.25, -0.2) is 0 Å². The lowest BCUT2D eigenvalue weighted by atomic mass is 9.86. The molecule has 0 saturated carbocycles. The van der Waals surface area contributed by atoms with Crippen LogP contribution in [0.25, 0.3) is 0 Å². The summed E-state index contributed by atoms with van der Waals surface area (Å²) in [6.45, 7) is 18.8. The van der Waals surface area contributed by atoms with Gasteiger partial charge in [-0.3, -0.25) is 0 Å². The Morgan fingerprint density at radius 3 is 2.24 bits per heavy atom. The van der Waals surface area contributed by atoms with Crippen LogP contribution in [0.2, 0.25) is 0 Å². The van der Waals surface area contributed by atoms with Gasteiger partial charge in [0.2, 0.25) is 0 Å². The van der Waals surface area contributed by atoms with Crippen molar-refractivity contribution in [2.45, 2.75) is 59.0 Å². The highest BCUT2D eigenvalue weighted by Gasteiger charge is 2.44. The van der Waals surface area contributed by atoms with Gasteiger partial charge in [0.25, 0.3) is 0 Å². The maximum Gasteiger partial charge on any atom is 0.00539 e. The van der Waals surface area contributed by atoms with Crippen LogP contribution in [-0.2, 0) is 0 Å². The molecule has 3 saturated heterocycles. The third kappa shape index (κ3) is 3.46. The summed E-state index contributed by atoms with van der Waals surface area (Å²) in [6.07, 6.45) is 4.29. The average molecular weight is 293 g/mol. The van der Waals surface area contributed by atoms with Gasteiger partial charge >= 0.3 is 0 Å². The van der Waals surface area contributed by atoms with Crippen LogP contribution in [0.5, 0.6) is 0 Å². The Morgan fingerprint density at radius 1 is 0.905 bits per heavy atom. The van der Waals surface area contributed by atoms with Crippen LogP contribution in [0.15, 0.2) is 0 Å². The summed E-state index contributed by atoms with van der Waals surface area (Å²) in [4.78, 5) is 8.14. The van der Waals surface area contributed by atoms with Gasteiger partial charge in [-0.1, -0.05) is 0 Å². The van der Waals surface area contributed by atoms with E-state index < -0.39 is 0 Å². The molecule has 0 aromatic rings. The smallest absolute Gasteiger partial charge is 0.00539 e. The molecule has 3 aliphatic heterocycles. The number of nitrogens with zero attached hydrogens (tertiary/aromatic N) is 3. The minimum atomic E-state index is 0.639. The van der Waals surface area contributed by atoms with Crippen molar-refractivity contribution >= 4 is 0 Å². The molecule has 0 bridgehead atoms. The van der Waals surface area contributed by atoms with Crippen LogP contribution in [0.4, 0.5) is 0 Å². The Morgan fingerprint density at radius 2 is 1.62 bits per heavy atom. The van der Waals surface area contributed by atoms with Crippen LogP contribution >= 0.6 is 0 Å². The first kappa shape index (κ1) is 15.8. The van der Waals surface area contributed by atoms with Crippen molar-refractivity contribution in [1.29, 1.82) is 0 Å². The van der Waals surface area contributed by atoms with Crippen molar-refractivity contribution in [3.63, 3.8) is 0 Å². The number of hydrogen-bond acceptors (Lipinski definition) is 3. The van der Waals surface area contributed by atoms with Crippen molar-refractivity contribution in [2.24, 2.45) is 11.3 Å². The summed E-state index contributed by atoms with van der Waals surface area (Å²) < 4.78 is 0. The molecule has 0 aromatic heterocycles. The molecule has 0 amide bonds. The molecule has 0 aromatic carbocycles. The van der Waals surface area contributed by atoms with Gasteiger partial charge in [0.05, 0.1) is 0 Å². The predicted molar refractivity (Wildman–Crippen MR) is 89.6 cm³/mol. The monoisotopic (exact) mass is 293 g/mol. The lowest BCUT2D eigenvalue weighted by Crippen LogP contribution is -2.36. The van der Waals surface area contributed by atoms with Gasteiger partial charge in [0, 0.05) is 38.3 Å². The third-order valence-electron chi connectivity index (χ3n) is 6.28. The van der Waals surface area contributed by atoms with Crippen LogP contribution < -0.4 is 0 Å². The van der Waals surface area contributed by atoms with E-state index in [-0.39, 0.29) is 0 Å². The fraction of sp³-hybridized carbons (Fsp3) is 1.00. The quantitative estimate of drug-likeness (QED) is 0.788. The molecule has 0 aliphatic carbocycles. The fourth-order valence-electron chi connectivity index (χ4n) is 4.77. The molecule has 3 heteroatoms. The van der Waals surface area contributed by atoms with Crippen LogP contribution in [0, 0.1) is 11.3 Å². The van der Waals surface area contributed by atoms with E-state index in [0.29, 0.717) is 5.41 Å². The van der Waals surface area contributed by atoms with Crippen molar-refractivity contribution in [2.75, 3.05) is 45.8 Å². The number of rotatable bonds is 4. The van der Waals surface area contributed by atoms with E-state index in [2.05, 4.69) is 42.4 Å². The lowest BCUT2D eigenvalue weighted by Gasteiger charge is -2.27. The lowest BCUT2D eigenvalue weighted by molar-refractivity contribution is 0.201. The van der Waals surface area contributed by atoms with Gasteiger partial charge in [-0.2, -0.15) is 0 Å². The third-order valence-corrected chi connectivity index (χ3v) is 6.28. The molecule has 21 heavy (non-hydrogen) atoms. The molecule has 3 rings (SSSR count). The topological polar surface area (TPSA) is 9.72 Å². The van der Waals surface area contributed by atoms with E-state index in [1.807, 2.05) is 0 Å². The fourth-order valence-corrected chi connectivity index (χ4v) is 4.77. The van der Waals surface area contributed by atoms with E-state index >= 15 is 0 Å². The summed E-state index contributed by atoms with van der Waals surface area (Å²) in [6, 6.07) is 1.46. The maximum atomic E-state index is 2.79. The second kappa shape index (κ2) is 6.17. The van der Waals surface area contributed by atoms with Gasteiger partial charge in [0.1, 0.15) is 0 Å². The molecule has 2 unspecified atom stereocenters. The van der Waals surface area contributed by atoms with Gasteiger partial charge in [-0.15, -0.1) is 0 Å². The second-order valence-corrected chi connectivity index (χ2v) is 8.54. The molecular formula is C18H35N3. The molecule has 122 valence electrons. The summed E-state index contributed by atoms with van der Waals surface area (Å²) in [5.41, 5.74) is 0.639.